The number of ether oxygens (including phenoxy) is 1. The molecule has 0 saturated heterocycles. The lowest BCUT2D eigenvalue weighted by molar-refractivity contribution is -0.134. The van der Waals surface area contributed by atoms with Crippen LogP contribution in [0.4, 0.5) is 6.01 Å². The zero-order valence-corrected chi connectivity index (χ0v) is 18.6. The number of nitrogens with two attached hydrogens (primary N) is 1. The van der Waals surface area contributed by atoms with E-state index >= 15 is 0 Å². The van der Waals surface area contributed by atoms with Crippen molar-refractivity contribution in [1.82, 2.24) is 9.55 Å². The van der Waals surface area contributed by atoms with Gasteiger partial charge >= 0.3 is 11.6 Å². The van der Waals surface area contributed by atoms with Crippen LogP contribution in [0, 0.1) is 0 Å². The lowest BCUT2D eigenvalue weighted by Gasteiger charge is -2.22. The molecule has 0 aliphatic carbocycles. The Kier molecular flexibility index (Phi) is 5.11. The molecular weight excluding hydrogens is 469 g/mol. The molecule has 1 aliphatic heterocycles. The van der Waals surface area contributed by atoms with E-state index in [4.69, 9.17) is 42.5 Å². The van der Waals surface area contributed by atoms with Crippen molar-refractivity contribution < 1.29 is 18.4 Å². The van der Waals surface area contributed by atoms with Crippen LogP contribution in [-0.4, -0.2) is 22.6 Å². The van der Waals surface area contributed by atoms with Crippen LogP contribution in [0.2, 0.25) is 10.0 Å². The molecule has 0 spiro atoms. The average molecular weight is 484 g/mol. The van der Waals surface area contributed by atoms with Gasteiger partial charge in [0.15, 0.2) is 0 Å². The molecule has 1 aliphatic rings. The summed E-state index contributed by atoms with van der Waals surface area (Å²) in [5.41, 5.74) is 6.53. The second-order valence-electron chi connectivity index (χ2n) is 7.18. The molecule has 0 fully saturated rings. The number of carbonyl (C=O) groups excluding carboxylic acids is 1. The molecule has 4 aromatic rings. The van der Waals surface area contributed by atoms with Gasteiger partial charge < -0.3 is 19.3 Å². The molecule has 1 unspecified atom stereocenters. The summed E-state index contributed by atoms with van der Waals surface area (Å²) in [6.45, 7) is 0. The minimum Gasteiger partial charge on any atom is -0.465 e. The number of nitrogens with zero attached hydrogens (tertiary/aromatic N) is 2. The summed E-state index contributed by atoms with van der Waals surface area (Å²) < 4.78 is 17.6. The number of carbonyl (C=O) groups is 1. The van der Waals surface area contributed by atoms with Crippen molar-refractivity contribution in [3.8, 4) is 5.88 Å². The number of esters is 1. The first kappa shape index (κ1) is 21.1. The number of nitrogen functional groups attached to an aromatic ring is 1. The third kappa shape index (κ3) is 3.35. The Morgan fingerprint density at radius 1 is 1.12 bits per heavy atom. The van der Waals surface area contributed by atoms with E-state index in [1.54, 1.807) is 48.5 Å². The maximum atomic E-state index is 13.0. The van der Waals surface area contributed by atoms with Gasteiger partial charge in [-0.1, -0.05) is 59.6 Å². The van der Waals surface area contributed by atoms with Crippen LogP contribution >= 0.6 is 23.2 Å². The molecule has 166 valence electrons. The van der Waals surface area contributed by atoms with Crippen molar-refractivity contribution >= 4 is 46.8 Å². The zero-order valence-electron chi connectivity index (χ0n) is 17.0. The molecule has 2 aromatic heterocycles. The Balaban J connectivity index is 1.95. The van der Waals surface area contributed by atoms with Crippen LogP contribution in [0.3, 0.4) is 0 Å². The topological polar surface area (TPSA) is 113 Å². The van der Waals surface area contributed by atoms with Crippen molar-refractivity contribution in [2.45, 2.75) is 5.92 Å². The van der Waals surface area contributed by atoms with E-state index in [1.165, 1.54) is 17.8 Å². The molecular formula is C23H15Cl2N3O5. The van der Waals surface area contributed by atoms with E-state index in [0.29, 0.717) is 21.2 Å². The van der Waals surface area contributed by atoms with Crippen LogP contribution in [0.5, 0.6) is 0 Å². The highest BCUT2D eigenvalue weighted by Gasteiger charge is 2.40. The predicted molar refractivity (Wildman–Crippen MR) is 122 cm³/mol. The molecule has 0 radical (unpaired) electrons. The first-order valence-electron chi connectivity index (χ1n) is 9.72. The number of hydrogen-bond acceptors (Lipinski definition) is 7. The fourth-order valence-corrected chi connectivity index (χ4v) is 4.34. The summed E-state index contributed by atoms with van der Waals surface area (Å²) >= 11 is 12.7. The standard InChI is InChI=1S/C23H15Cl2N3O5/c1-31-22(30)17-16(12-7-3-5-9-14(12)25)18-20(33-23(26)27-18)28-15(21(29)32-19(17)28)10-11-6-2-4-8-13(11)24/h2-10,16H,1H3,(H2,26,27)/b15-10+. The number of aromatic nitrogens is 2. The lowest BCUT2D eigenvalue weighted by Crippen LogP contribution is -2.37. The number of halogens is 2. The second-order valence-corrected chi connectivity index (χ2v) is 8.00. The van der Waals surface area contributed by atoms with E-state index in [0.717, 1.165) is 0 Å². The second kappa shape index (κ2) is 7.99. The number of anilines is 1. The Hall–Kier alpha value is -3.75. The number of hydrogen-bond donors (Lipinski definition) is 1. The molecule has 10 heteroatoms. The fourth-order valence-electron chi connectivity index (χ4n) is 3.90. The normalized spacial score (nSPS) is 15.3. The van der Waals surface area contributed by atoms with Crippen molar-refractivity contribution in [3.05, 3.63) is 96.7 Å². The zero-order chi connectivity index (χ0) is 23.3. The monoisotopic (exact) mass is 483 g/mol. The van der Waals surface area contributed by atoms with Gasteiger partial charge in [0, 0.05) is 10.0 Å². The Labute approximate surface area is 196 Å². The Bertz CT molecular complexity index is 1600. The van der Waals surface area contributed by atoms with Crippen LogP contribution in [0.25, 0.3) is 17.5 Å². The first-order valence-corrected chi connectivity index (χ1v) is 10.5. The third-order valence-corrected chi connectivity index (χ3v) is 6.00. The van der Waals surface area contributed by atoms with Gasteiger partial charge in [-0.25, -0.2) is 14.2 Å². The van der Waals surface area contributed by atoms with Crippen LogP contribution in [-0.2, 0) is 9.53 Å². The first-order chi connectivity index (χ1) is 15.9. The van der Waals surface area contributed by atoms with Gasteiger partial charge in [0.2, 0.25) is 11.4 Å². The van der Waals surface area contributed by atoms with Crippen molar-refractivity contribution in [1.29, 1.82) is 0 Å². The Morgan fingerprint density at radius 2 is 1.82 bits per heavy atom. The number of methoxy groups -OCH3 is 1. The molecule has 5 rings (SSSR count). The van der Waals surface area contributed by atoms with E-state index in [1.807, 2.05) is 0 Å². The number of oxazole rings is 2. The number of rotatable bonds is 3. The van der Waals surface area contributed by atoms with Gasteiger partial charge in [-0.3, -0.25) is 0 Å². The molecule has 2 aromatic carbocycles. The SMILES string of the molecule is COC(=O)C1=c2oc(=O)/c(=C\c3ccccc3Cl)n2-c2oc(N)nc2C1c1ccccc1Cl. The van der Waals surface area contributed by atoms with Crippen molar-refractivity contribution in [3.63, 3.8) is 0 Å². The minimum atomic E-state index is -0.846. The highest BCUT2D eigenvalue weighted by molar-refractivity contribution is 6.32. The summed E-state index contributed by atoms with van der Waals surface area (Å²) in [7, 11) is 1.23. The van der Waals surface area contributed by atoms with E-state index in [-0.39, 0.29) is 34.1 Å². The molecule has 3 heterocycles. The van der Waals surface area contributed by atoms with Crippen molar-refractivity contribution in [2.75, 3.05) is 12.8 Å². The molecule has 0 saturated carbocycles. The predicted octanol–water partition coefficient (Wildman–Crippen LogP) is 2.61. The summed E-state index contributed by atoms with van der Waals surface area (Å²) in [6, 6.07) is 13.7. The van der Waals surface area contributed by atoms with Gasteiger partial charge in [0.25, 0.3) is 6.01 Å². The molecule has 0 bridgehead atoms. The highest BCUT2D eigenvalue weighted by Crippen LogP contribution is 2.41. The van der Waals surface area contributed by atoms with Gasteiger partial charge in [0.05, 0.1) is 13.0 Å². The Morgan fingerprint density at radius 3 is 2.52 bits per heavy atom. The summed E-state index contributed by atoms with van der Waals surface area (Å²) in [5.74, 6) is -1.44. The van der Waals surface area contributed by atoms with Crippen LogP contribution in [0.15, 0.2) is 62.2 Å². The van der Waals surface area contributed by atoms with E-state index in [9.17, 15) is 9.59 Å². The molecule has 0 amide bonds. The summed E-state index contributed by atoms with van der Waals surface area (Å²) in [5, 5.41) is 0.864. The average Bonchev–Trinajstić information content (AvgIpc) is 3.33. The fraction of sp³-hybridized carbons (Fsp3) is 0.0870. The van der Waals surface area contributed by atoms with E-state index < -0.39 is 17.5 Å². The maximum Gasteiger partial charge on any atom is 0.362 e. The van der Waals surface area contributed by atoms with Gasteiger partial charge in [-0.05, 0) is 29.3 Å². The third-order valence-electron chi connectivity index (χ3n) is 5.31. The minimum absolute atomic E-state index is 0.0299. The number of fused-ring (bicyclic) bond motifs is 3. The van der Waals surface area contributed by atoms with Crippen molar-refractivity contribution in [2.24, 2.45) is 0 Å². The quantitative estimate of drug-likeness (QED) is 0.445. The van der Waals surface area contributed by atoms with Gasteiger partial charge in [-0.2, -0.15) is 4.98 Å². The molecule has 2 N–H and O–H groups in total. The van der Waals surface area contributed by atoms with Crippen LogP contribution in [0.1, 0.15) is 22.7 Å². The smallest absolute Gasteiger partial charge is 0.362 e. The summed E-state index contributed by atoms with van der Waals surface area (Å²) in [6.07, 6.45) is 1.53. The largest absolute Gasteiger partial charge is 0.465 e. The van der Waals surface area contributed by atoms with Crippen LogP contribution < -0.4 is 22.3 Å². The van der Waals surface area contributed by atoms with Gasteiger partial charge in [0.1, 0.15) is 16.6 Å². The maximum absolute atomic E-state index is 13.0. The molecule has 1 atom stereocenters. The molecule has 8 nitrogen and oxygen atoms in total. The van der Waals surface area contributed by atoms with Gasteiger partial charge in [-0.15, -0.1) is 0 Å². The highest BCUT2D eigenvalue weighted by atomic mass is 35.5. The number of benzene rings is 2. The lowest BCUT2D eigenvalue weighted by atomic mass is 9.87. The summed E-state index contributed by atoms with van der Waals surface area (Å²) in [4.78, 5) is 30.2. The molecule has 33 heavy (non-hydrogen) atoms. The van der Waals surface area contributed by atoms with E-state index in [2.05, 4.69) is 4.98 Å².